The molecule has 2 aromatic heterocycles. The van der Waals surface area contributed by atoms with Crippen LogP contribution in [0.15, 0.2) is 30.7 Å². The molecule has 0 bridgehead atoms. The van der Waals surface area contributed by atoms with Gasteiger partial charge in [0.15, 0.2) is 0 Å². The van der Waals surface area contributed by atoms with Gasteiger partial charge in [0.2, 0.25) is 5.91 Å². The van der Waals surface area contributed by atoms with Gasteiger partial charge in [-0.25, -0.2) is 4.98 Å². The lowest BCUT2D eigenvalue weighted by Crippen LogP contribution is -2.25. The monoisotopic (exact) mass is 341 g/mol. The number of nitrogens with one attached hydrogen (secondary N) is 1. The SMILES string of the molecule is CCCn1ccnc1CN1CCC[C@H]1c1ccc(CNC(C)=O)cn1. The van der Waals surface area contributed by atoms with Gasteiger partial charge in [0, 0.05) is 38.6 Å². The van der Waals surface area contributed by atoms with E-state index < -0.39 is 0 Å². The van der Waals surface area contributed by atoms with Crippen molar-refractivity contribution < 1.29 is 4.79 Å². The molecule has 1 aliphatic rings. The normalized spacial score (nSPS) is 17.8. The fourth-order valence-electron chi connectivity index (χ4n) is 3.43. The van der Waals surface area contributed by atoms with Gasteiger partial charge in [-0.2, -0.15) is 0 Å². The van der Waals surface area contributed by atoms with Crippen molar-refractivity contribution in [1.82, 2.24) is 24.8 Å². The third kappa shape index (κ3) is 4.45. The van der Waals surface area contributed by atoms with E-state index in [2.05, 4.69) is 50.0 Å². The summed E-state index contributed by atoms with van der Waals surface area (Å²) in [5, 5.41) is 2.81. The first-order valence-corrected chi connectivity index (χ1v) is 9.10. The van der Waals surface area contributed by atoms with Crippen molar-refractivity contribution in [3.8, 4) is 0 Å². The van der Waals surface area contributed by atoms with Crippen molar-refractivity contribution in [1.29, 1.82) is 0 Å². The number of hydrogen-bond donors (Lipinski definition) is 1. The minimum atomic E-state index is -0.0198. The minimum absolute atomic E-state index is 0.0198. The van der Waals surface area contributed by atoms with Crippen LogP contribution >= 0.6 is 0 Å². The zero-order valence-corrected chi connectivity index (χ0v) is 15.1. The van der Waals surface area contributed by atoms with E-state index in [4.69, 9.17) is 0 Å². The number of carbonyl (C=O) groups is 1. The Morgan fingerprint density at radius 3 is 2.96 bits per heavy atom. The Hall–Kier alpha value is -2.21. The van der Waals surface area contributed by atoms with E-state index in [-0.39, 0.29) is 5.91 Å². The predicted octanol–water partition coefficient (Wildman–Crippen LogP) is 2.66. The second kappa shape index (κ2) is 8.25. The van der Waals surface area contributed by atoms with E-state index in [0.717, 1.165) is 49.6 Å². The van der Waals surface area contributed by atoms with Crippen molar-refractivity contribution in [3.05, 3.63) is 47.8 Å². The summed E-state index contributed by atoms with van der Waals surface area (Å²) in [6.07, 6.45) is 9.27. The summed E-state index contributed by atoms with van der Waals surface area (Å²) in [6.45, 7) is 7.22. The number of pyridine rings is 1. The topological polar surface area (TPSA) is 63.1 Å². The lowest BCUT2D eigenvalue weighted by molar-refractivity contribution is -0.119. The quantitative estimate of drug-likeness (QED) is 0.841. The highest BCUT2D eigenvalue weighted by Crippen LogP contribution is 2.31. The highest BCUT2D eigenvalue weighted by Gasteiger charge is 2.28. The maximum Gasteiger partial charge on any atom is 0.217 e. The number of rotatable bonds is 7. The smallest absolute Gasteiger partial charge is 0.217 e. The van der Waals surface area contributed by atoms with Crippen molar-refractivity contribution in [2.75, 3.05) is 6.54 Å². The molecule has 1 amide bonds. The number of amides is 1. The predicted molar refractivity (Wildman–Crippen MR) is 96.7 cm³/mol. The Bertz CT molecular complexity index is 694. The highest BCUT2D eigenvalue weighted by atomic mass is 16.1. The van der Waals surface area contributed by atoms with Crippen LogP contribution in [-0.2, 0) is 24.4 Å². The van der Waals surface area contributed by atoms with Crippen LogP contribution in [0.5, 0.6) is 0 Å². The first kappa shape index (κ1) is 17.6. The van der Waals surface area contributed by atoms with Crippen molar-refractivity contribution in [3.63, 3.8) is 0 Å². The summed E-state index contributed by atoms with van der Waals surface area (Å²) in [6, 6.07) is 4.51. The third-order valence-electron chi connectivity index (χ3n) is 4.70. The summed E-state index contributed by atoms with van der Waals surface area (Å²) in [7, 11) is 0. The molecule has 1 fully saturated rings. The van der Waals surface area contributed by atoms with Crippen molar-refractivity contribution in [2.24, 2.45) is 0 Å². The third-order valence-corrected chi connectivity index (χ3v) is 4.70. The van der Waals surface area contributed by atoms with Crippen molar-refractivity contribution >= 4 is 5.91 Å². The molecule has 0 spiro atoms. The molecule has 6 heteroatoms. The highest BCUT2D eigenvalue weighted by molar-refractivity contribution is 5.72. The largest absolute Gasteiger partial charge is 0.352 e. The molecule has 1 aliphatic heterocycles. The Labute approximate surface area is 149 Å². The van der Waals surface area contributed by atoms with Crippen LogP contribution in [0.3, 0.4) is 0 Å². The van der Waals surface area contributed by atoms with E-state index in [9.17, 15) is 4.79 Å². The number of imidazole rings is 1. The lowest BCUT2D eigenvalue weighted by atomic mass is 10.1. The number of nitrogens with zero attached hydrogens (tertiary/aromatic N) is 4. The van der Waals surface area contributed by atoms with Gasteiger partial charge >= 0.3 is 0 Å². The van der Waals surface area contributed by atoms with Gasteiger partial charge in [-0.1, -0.05) is 13.0 Å². The lowest BCUT2D eigenvalue weighted by Gasteiger charge is -2.24. The fourth-order valence-corrected chi connectivity index (χ4v) is 3.43. The summed E-state index contributed by atoms with van der Waals surface area (Å²) >= 11 is 0. The van der Waals surface area contributed by atoms with E-state index in [1.54, 1.807) is 0 Å². The Kier molecular flexibility index (Phi) is 5.81. The summed E-state index contributed by atoms with van der Waals surface area (Å²) < 4.78 is 2.25. The molecule has 0 aromatic carbocycles. The van der Waals surface area contributed by atoms with E-state index in [1.807, 2.05) is 12.4 Å². The van der Waals surface area contributed by atoms with Gasteiger partial charge in [0.25, 0.3) is 0 Å². The summed E-state index contributed by atoms with van der Waals surface area (Å²) in [5.74, 6) is 1.12. The van der Waals surface area contributed by atoms with Crippen LogP contribution < -0.4 is 5.32 Å². The molecule has 0 saturated carbocycles. The van der Waals surface area contributed by atoms with Crippen LogP contribution in [0.1, 0.15) is 56.2 Å². The first-order chi connectivity index (χ1) is 12.2. The molecule has 6 nitrogen and oxygen atoms in total. The second-order valence-corrected chi connectivity index (χ2v) is 6.67. The molecule has 1 atom stereocenters. The number of likely N-dealkylation sites (tertiary alicyclic amines) is 1. The molecule has 1 saturated heterocycles. The molecule has 2 aromatic rings. The minimum Gasteiger partial charge on any atom is -0.352 e. The van der Waals surface area contributed by atoms with Gasteiger partial charge in [-0.3, -0.25) is 14.7 Å². The zero-order chi connectivity index (χ0) is 17.6. The standard InChI is InChI=1S/C19H27N5O/c1-3-9-23-11-8-20-19(23)14-24-10-4-5-18(24)17-7-6-16(13-22-17)12-21-15(2)25/h6-8,11,13,18H,3-5,9-10,12,14H2,1-2H3,(H,21,25)/t18-/m0/s1. The van der Waals surface area contributed by atoms with Gasteiger partial charge in [-0.05, 0) is 37.4 Å². The number of aromatic nitrogens is 3. The van der Waals surface area contributed by atoms with Crippen LogP contribution in [0.4, 0.5) is 0 Å². The molecule has 0 aliphatic carbocycles. The van der Waals surface area contributed by atoms with Gasteiger partial charge in [0.1, 0.15) is 5.82 Å². The maximum atomic E-state index is 11.0. The van der Waals surface area contributed by atoms with Gasteiger partial charge in [0.05, 0.1) is 18.3 Å². The number of hydrogen-bond acceptors (Lipinski definition) is 4. The van der Waals surface area contributed by atoms with Crippen molar-refractivity contribution in [2.45, 2.75) is 58.8 Å². The van der Waals surface area contributed by atoms with E-state index in [0.29, 0.717) is 12.6 Å². The van der Waals surface area contributed by atoms with Crippen LogP contribution in [0.2, 0.25) is 0 Å². The average Bonchev–Trinajstić information content (AvgIpc) is 3.24. The van der Waals surface area contributed by atoms with Gasteiger partial charge < -0.3 is 9.88 Å². The molecule has 0 unspecified atom stereocenters. The molecule has 25 heavy (non-hydrogen) atoms. The fraction of sp³-hybridized carbons (Fsp3) is 0.526. The molecule has 1 N–H and O–H groups in total. The van der Waals surface area contributed by atoms with Crippen LogP contribution in [0.25, 0.3) is 0 Å². The Morgan fingerprint density at radius 1 is 1.36 bits per heavy atom. The molecule has 3 heterocycles. The Balaban J connectivity index is 1.66. The number of aryl methyl sites for hydroxylation is 1. The van der Waals surface area contributed by atoms with Crippen LogP contribution in [0, 0.1) is 0 Å². The Morgan fingerprint density at radius 2 is 2.24 bits per heavy atom. The molecule has 134 valence electrons. The molecular weight excluding hydrogens is 314 g/mol. The van der Waals surface area contributed by atoms with Gasteiger partial charge in [-0.15, -0.1) is 0 Å². The molecule has 3 rings (SSSR count). The summed E-state index contributed by atoms with van der Waals surface area (Å²) in [4.78, 5) is 22.7. The van der Waals surface area contributed by atoms with E-state index in [1.165, 1.54) is 13.3 Å². The summed E-state index contributed by atoms with van der Waals surface area (Å²) in [5.41, 5.74) is 2.14. The van der Waals surface area contributed by atoms with Crippen LogP contribution in [-0.4, -0.2) is 31.9 Å². The maximum absolute atomic E-state index is 11.0. The average molecular weight is 341 g/mol. The first-order valence-electron chi connectivity index (χ1n) is 9.10. The molecular formula is C19H27N5O. The zero-order valence-electron chi connectivity index (χ0n) is 15.1. The second-order valence-electron chi connectivity index (χ2n) is 6.67. The number of carbonyl (C=O) groups excluding carboxylic acids is 1. The molecule has 0 radical (unpaired) electrons. The van der Waals surface area contributed by atoms with E-state index >= 15 is 0 Å².